The van der Waals surface area contributed by atoms with E-state index < -0.39 is 6.23 Å². The fourth-order valence-corrected chi connectivity index (χ4v) is 1.59. The van der Waals surface area contributed by atoms with Crippen molar-refractivity contribution in [3.8, 4) is 0 Å². The van der Waals surface area contributed by atoms with Crippen molar-refractivity contribution in [2.75, 3.05) is 5.01 Å². The van der Waals surface area contributed by atoms with Crippen molar-refractivity contribution in [2.24, 2.45) is 0 Å². The van der Waals surface area contributed by atoms with Gasteiger partial charge in [-0.05, 0) is 37.6 Å². The van der Waals surface area contributed by atoms with Gasteiger partial charge in [-0.25, -0.2) is 0 Å². The van der Waals surface area contributed by atoms with E-state index in [1.807, 2.05) is 38.1 Å². The summed E-state index contributed by atoms with van der Waals surface area (Å²) >= 11 is 0. The van der Waals surface area contributed by atoms with E-state index in [2.05, 4.69) is 5.43 Å². The first-order valence-corrected chi connectivity index (χ1v) is 4.66. The van der Waals surface area contributed by atoms with Crippen LogP contribution in [-0.2, 0) is 0 Å². The molecule has 0 fully saturated rings. The molecule has 2 N–H and O–H groups in total. The fraction of sp³-hybridized carbons (Fsp3) is 0.273. The van der Waals surface area contributed by atoms with E-state index in [-0.39, 0.29) is 0 Å². The molecule has 1 atom stereocenters. The summed E-state index contributed by atoms with van der Waals surface area (Å²) in [6.45, 7) is 3.96. The van der Waals surface area contributed by atoms with Gasteiger partial charge in [-0.3, -0.25) is 5.01 Å². The van der Waals surface area contributed by atoms with Crippen LogP contribution in [0.25, 0.3) is 0 Å². The zero-order valence-electron chi connectivity index (χ0n) is 8.36. The van der Waals surface area contributed by atoms with Crippen LogP contribution in [-0.4, -0.2) is 11.3 Å². The Morgan fingerprint density at radius 2 is 2.14 bits per heavy atom. The van der Waals surface area contributed by atoms with Crippen LogP contribution < -0.4 is 10.4 Å². The summed E-state index contributed by atoms with van der Waals surface area (Å²) in [5, 5.41) is 11.4. The first-order valence-electron chi connectivity index (χ1n) is 4.66. The number of aliphatic hydroxyl groups excluding tert-OH is 1. The zero-order chi connectivity index (χ0) is 10.1. The molecular formula is C11H14N2O. The molecule has 3 heteroatoms. The van der Waals surface area contributed by atoms with Gasteiger partial charge in [0, 0.05) is 5.70 Å². The van der Waals surface area contributed by atoms with Gasteiger partial charge in [0.25, 0.3) is 0 Å². The topological polar surface area (TPSA) is 35.5 Å². The third-order valence-corrected chi connectivity index (χ3v) is 2.24. The van der Waals surface area contributed by atoms with E-state index in [4.69, 9.17) is 0 Å². The number of anilines is 1. The van der Waals surface area contributed by atoms with Crippen molar-refractivity contribution in [2.45, 2.75) is 20.1 Å². The summed E-state index contributed by atoms with van der Waals surface area (Å²) in [5.41, 5.74) is 6.22. The van der Waals surface area contributed by atoms with Gasteiger partial charge in [0.05, 0.1) is 5.69 Å². The Balaban J connectivity index is 2.25. The predicted molar refractivity (Wildman–Crippen MR) is 56.6 cm³/mol. The first kappa shape index (κ1) is 9.09. The minimum atomic E-state index is -0.572. The van der Waals surface area contributed by atoms with Crippen LogP contribution in [0.15, 0.2) is 36.0 Å². The lowest BCUT2D eigenvalue weighted by Gasteiger charge is -2.23. The van der Waals surface area contributed by atoms with E-state index in [0.29, 0.717) is 0 Å². The second-order valence-corrected chi connectivity index (χ2v) is 3.58. The fourth-order valence-electron chi connectivity index (χ4n) is 1.59. The van der Waals surface area contributed by atoms with Crippen LogP contribution >= 0.6 is 0 Å². The molecule has 74 valence electrons. The number of rotatable bonds is 1. The SMILES string of the molecule is CC1=C[C@@H](O)N(c2cccc(C)c2)N1. The Bertz CT molecular complexity index is 373. The lowest BCUT2D eigenvalue weighted by Crippen LogP contribution is -2.38. The Labute approximate surface area is 83.6 Å². The molecule has 0 bridgehead atoms. The molecular weight excluding hydrogens is 176 g/mol. The molecule has 1 aromatic rings. The highest BCUT2D eigenvalue weighted by Gasteiger charge is 2.20. The Morgan fingerprint density at radius 1 is 1.36 bits per heavy atom. The van der Waals surface area contributed by atoms with E-state index >= 15 is 0 Å². The number of hydrogen-bond acceptors (Lipinski definition) is 3. The smallest absolute Gasteiger partial charge is 0.166 e. The molecule has 0 radical (unpaired) electrons. The molecule has 0 saturated carbocycles. The molecule has 0 amide bonds. The largest absolute Gasteiger partial charge is 0.368 e. The summed E-state index contributed by atoms with van der Waals surface area (Å²) in [5.74, 6) is 0. The molecule has 1 aliphatic rings. The highest BCUT2D eigenvalue weighted by molar-refractivity contribution is 5.50. The second kappa shape index (κ2) is 3.35. The molecule has 0 unspecified atom stereocenters. The van der Waals surface area contributed by atoms with Crippen LogP contribution in [0.5, 0.6) is 0 Å². The molecule has 0 saturated heterocycles. The van der Waals surface area contributed by atoms with Gasteiger partial charge in [-0.1, -0.05) is 12.1 Å². The van der Waals surface area contributed by atoms with Crippen molar-refractivity contribution >= 4 is 5.69 Å². The summed E-state index contributed by atoms with van der Waals surface area (Å²) in [6, 6.07) is 8.01. The molecule has 1 aromatic carbocycles. The molecule has 3 nitrogen and oxygen atoms in total. The average Bonchev–Trinajstić information content (AvgIpc) is 2.45. The number of nitrogens with zero attached hydrogens (tertiary/aromatic N) is 1. The molecule has 14 heavy (non-hydrogen) atoms. The quantitative estimate of drug-likeness (QED) is 0.705. The summed E-state index contributed by atoms with van der Waals surface area (Å²) in [7, 11) is 0. The Morgan fingerprint density at radius 3 is 2.71 bits per heavy atom. The maximum Gasteiger partial charge on any atom is 0.166 e. The van der Waals surface area contributed by atoms with Crippen molar-refractivity contribution in [1.29, 1.82) is 0 Å². The molecule has 1 heterocycles. The van der Waals surface area contributed by atoms with Crippen molar-refractivity contribution in [3.63, 3.8) is 0 Å². The average molecular weight is 190 g/mol. The van der Waals surface area contributed by atoms with Gasteiger partial charge in [0.1, 0.15) is 0 Å². The minimum Gasteiger partial charge on any atom is -0.368 e. The van der Waals surface area contributed by atoms with Crippen LogP contribution in [0, 0.1) is 6.92 Å². The van der Waals surface area contributed by atoms with Crippen LogP contribution in [0.4, 0.5) is 5.69 Å². The number of nitrogens with one attached hydrogen (secondary N) is 1. The highest BCUT2D eigenvalue weighted by Crippen LogP contribution is 2.20. The molecule has 0 aromatic heterocycles. The maximum atomic E-state index is 9.69. The van der Waals surface area contributed by atoms with Crippen molar-refractivity contribution in [1.82, 2.24) is 5.43 Å². The van der Waals surface area contributed by atoms with E-state index in [1.165, 1.54) is 5.56 Å². The summed E-state index contributed by atoms with van der Waals surface area (Å²) < 4.78 is 0. The minimum absolute atomic E-state index is 0.572. The molecule has 2 rings (SSSR count). The predicted octanol–water partition coefficient (Wildman–Crippen LogP) is 1.54. The standard InChI is InChI=1S/C11H14N2O/c1-8-4-3-5-10(6-8)13-11(14)7-9(2)12-13/h3-7,11-12,14H,1-2H3/t11-/m1/s1. The van der Waals surface area contributed by atoms with E-state index in [0.717, 1.165) is 11.4 Å². The number of hydrogen-bond donors (Lipinski definition) is 2. The molecule has 0 spiro atoms. The van der Waals surface area contributed by atoms with Gasteiger partial charge in [0.15, 0.2) is 6.23 Å². The van der Waals surface area contributed by atoms with Gasteiger partial charge < -0.3 is 10.5 Å². The van der Waals surface area contributed by atoms with E-state index in [9.17, 15) is 5.11 Å². The van der Waals surface area contributed by atoms with Crippen LogP contribution in [0.2, 0.25) is 0 Å². The Kier molecular flexibility index (Phi) is 2.17. The van der Waals surface area contributed by atoms with Crippen LogP contribution in [0.1, 0.15) is 12.5 Å². The monoisotopic (exact) mass is 190 g/mol. The lowest BCUT2D eigenvalue weighted by molar-refractivity contribution is 0.218. The number of aryl methyl sites for hydroxylation is 1. The van der Waals surface area contributed by atoms with E-state index in [1.54, 1.807) is 11.1 Å². The van der Waals surface area contributed by atoms with Gasteiger partial charge in [-0.15, -0.1) is 0 Å². The molecule has 1 aliphatic heterocycles. The van der Waals surface area contributed by atoms with Crippen molar-refractivity contribution < 1.29 is 5.11 Å². The zero-order valence-corrected chi connectivity index (χ0v) is 8.36. The molecule has 0 aliphatic carbocycles. The number of aliphatic hydroxyl groups is 1. The number of hydrazine groups is 1. The van der Waals surface area contributed by atoms with Crippen LogP contribution in [0.3, 0.4) is 0 Å². The number of benzene rings is 1. The highest BCUT2D eigenvalue weighted by atomic mass is 16.3. The normalized spacial score (nSPS) is 20.6. The third kappa shape index (κ3) is 1.59. The maximum absolute atomic E-state index is 9.69. The lowest BCUT2D eigenvalue weighted by atomic mass is 10.2. The summed E-state index contributed by atoms with van der Waals surface area (Å²) in [4.78, 5) is 0. The van der Waals surface area contributed by atoms with Gasteiger partial charge in [0.2, 0.25) is 0 Å². The first-order chi connectivity index (χ1) is 6.66. The Hall–Kier alpha value is -1.48. The third-order valence-electron chi connectivity index (χ3n) is 2.24. The van der Waals surface area contributed by atoms with Crippen molar-refractivity contribution in [3.05, 3.63) is 41.6 Å². The second-order valence-electron chi connectivity index (χ2n) is 3.58. The van der Waals surface area contributed by atoms with Gasteiger partial charge in [-0.2, -0.15) is 0 Å². The van der Waals surface area contributed by atoms with Gasteiger partial charge >= 0.3 is 0 Å². The number of allylic oxidation sites excluding steroid dienone is 1. The summed E-state index contributed by atoms with van der Waals surface area (Å²) in [6.07, 6.45) is 1.21.